The molecule has 0 aliphatic heterocycles. The molecule has 1 aromatic carbocycles. The summed E-state index contributed by atoms with van der Waals surface area (Å²) in [6.07, 6.45) is -0.839. The standard InChI is InChI=1S/C12H16F2N2O/c1-2-6-17-7-5-16-11-4-3-9(12(13)14)8-10(11)15/h2-4,8,12,16H,1,5-7,15H2. The summed E-state index contributed by atoms with van der Waals surface area (Å²) in [5.41, 5.74) is 6.52. The summed E-state index contributed by atoms with van der Waals surface area (Å²) in [5, 5.41) is 3.01. The zero-order valence-electron chi connectivity index (χ0n) is 9.46. The molecule has 0 saturated heterocycles. The molecule has 0 spiro atoms. The fraction of sp³-hybridized carbons (Fsp3) is 0.333. The number of alkyl halides is 2. The van der Waals surface area contributed by atoms with E-state index in [1.54, 1.807) is 12.1 Å². The maximum atomic E-state index is 12.4. The molecule has 3 N–H and O–H groups in total. The van der Waals surface area contributed by atoms with Crippen LogP contribution in [-0.2, 0) is 4.74 Å². The second-order valence-corrected chi connectivity index (χ2v) is 3.44. The van der Waals surface area contributed by atoms with Crippen LogP contribution in [0.25, 0.3) is 0 Å². The normalized spacial score (nSPS) is 10.5. The minimum absolute atomic E-state index is 0.0732. The molecule has 0 heterocycles. The Labute approximate surface area is 99.3 Å². The maximum Gasteiger partial charge on any atom is 0.263 e. The first kappa shape index (κ1) is 13.4. The van der Waals surface area contributed by atoms with Crippen molar-refractivity contribution < 1.29 is 13.5 Å². The molecule has 0 amide bonds. The number of anilines is 2. The van der Waals surface area contributed by atoms with Gasteiger partial charge in [0.25, 0.3) is 6.43 Å². The molecule has 0 radical (unpaired) electrons. The first-order valence-electron chi connectivity index (χ1n) is 5.25. The molecule has 0 unspecified atom stereocenters. The maximum absolute atomic E-state index is 12.4. The molecule has 0 saturated carbocycles. The second kappa shape index (κ2) is 6.85. The van der Waals surface area contributed by atoms with E-state index in [9.17, 15) is 8.78 Å². The lowest BCUT2D eigenvalue weighted by molar-refractivity contribution is 0.151. The largest absolute Gasteiger partial charge is 0.397 e. The average molecular weight is 242 g/mol. The lowest BCUT2D eigenvalue weighted by Gasteiger charge is -2.10. The van der Waals surface area contributed by atoms with Gasteiger partial charge in [0.1, 0.15) is 0 Å². The summed E-state index contributed by atoms with van der Waals surface area (Å²) in [6.45, 7) is 5.07. The van der Waals surface area contributed by atoms with Crippen LogP contribution in [-0.4, -0.2) is 19.8 Å². The predicted octanol–water partition coefficient (Wildman–Crippen LogP) is 2.82. The fourth-order valence-corrected chi connectivity index (χ4v) is 1.30. The summed E-state index contributed by atoms with van der Waals surface area (Å²) in [4.78, 5) is 0. The number of rotatable bonds is 7. The van der Waals surface area contributed by atoms with Crippen LogP contribution in [0.4, 0.5) is 20.2 Å². The van der Waals surface area contributed by atoms with Crippen molar-refractivity contribution in [1.82, 2.24) is 0 Å². The lowest BCUT2D eigenvalue weighted by Crippen LogP contribution is -2.10. The van der Waals surface area contributed by atoms with Crippen LogP contribution in [0.15, 0.2) is 30.9 Å². The highest BCUT2D eigenvalue weighted by Crippen LogP contribution is 2.25. The van der Waals surface area contributed by atoms with Gasteiger partial charge in [0, 0.05) is 12.1 Å². The smallest absolute Gasteiger partial charge is 0.263 e. The van der Waals surface area contributed by atoms with Crippen LogP contribution >= 0.6 is 0 Å². The van der Waals surface area contributed by atoms with E-state index in [2.05, 4.69) is 11.9 Å². The zero-order chi connectivity index (χ0) is 12.7. The quantitative estimate of drug-likeness (QED) is 0.439. The Balaban J connectivity index is 2.46. The highest BCUT2D eigenvalue weighted by molar-refractivity contribution is 5.67. The number of halogens is 2. The molecule has 0 atom stereocenters. The van der Waals surface area contributed by atoms with Crippen LogP contribution in [0.1, 0.15) is 12.0 Å². The third-order valence-electron chi connectivity index (χ3n) is 2.13. The number of ether oxygens (including phenoxy) is 1. The van der Waals surface area contributed by atoms with Gasteiger partial charge in [0.2, 0.25) is 0 Å². The second-order valence-electron chi connectivity index (χ2n) is 3.44. The van der Waals surface area contributed by atoms with E-state index in [0.29, 0.717) is 31.1 Å². The van der Waals surface area contributed by atoms with Gasteiger partial charge < -0.3 is 15.8 Å². The summed E-state index contributed by atoms with van der Waals surface area (Å²) in [5.74, 6) is 0. The van der Waals surface area contributed by atoms with Crippen molar-refractivity contribution in [3.8, 4) is 0 Å². The first-order chi connectivity index (χ1) is 8.15. The topological polar surface area (TPSA) is 47.3 Å². The number of nitrogens with one attached hydrogen (secondary N) is 1. The van der Waals surface area contributed by atoms with Gasteiger partial charge in [-0.05, 0) is 12.1 Å². The number of nitrogens with two attached hydrogens (primary N) is 1. The summed E-state index contributed by atoms with van der Waals surface area (Å²) >= 11 is 0. The number of hydrogen-bond acceptors (Lipinski definition) is 3. The Morgan fingerprint density at radius 2 is 2.24 bits per heavy atom. The minimum atomic E-state index is -2.50. The van der Waals surface area contributed by atoms with Crippen LogP contribution in [0.2, 0.25) is 0 Å². The van der Waals surface area contributed by atoms with Crippen molar-refractivity contribution in [2.24, 2.45) is 0 Å². The van der Waals surface area contributed by atoms with Crippen LogP contribution < -0.4 is 11.1 Å². The molecule has 17 heavy (non-hydrogen) atoms. The van der Waals surface area contributed by atoms with Crippen molar-refractivity contribution in [3.63, 3.8) is 0 Å². The van der Waals surface area contributed by atoms with E-state index in [1.165, 1.54) is 12.1 Å². The number of hydrogen-bond donors (Lipinski definition) is 2. The van der Waals surface area contributed by atoms with Crippen LogP contribution in [0.5, 0.6) is 0 Å². The van der Waals surface area contributed by atoms with E-state index in [0.717, 1.165) is 0 Å². The predicted molar refractivity (Wildman–Crippen MR) is 65.3 cm³/mol. The molecule has 0 aromatic heterocycles. The van der Waals surface area contributed by atoms with Crippen molar-refractivity contribution in [2.75, 3.05) is 30.8 Å². The van der Waals surface area contributed by atoms with Crippen molar-refractivity contribution in [2.45, 2.75) is 6.43 Å². The van der Waals surface area contributed by atoms with Gasteiger partial charge in [-0.25, -0.2) is 8.78 Å². The molecular weight excluding hydrogens is 226 g/mol. The van der Waals surface area contributed by atoms with Gasteiger partial charge in [-0.2, -0.15) is 0 Å². The SMILES string of the molecule is C=CCOCCNc1ccc(C(F)F)cc1N. The van der Waals surface area contributed by atoms with Crippen molar-refractivity contribution in [3.05, 3.63) is 36.4 Å². The molecule has 3 nitrogen and oxygen atoms in total. The summed E-state index contributed by atoms with van der Waals surface area (Å²) in [6, 6.07) is 4.18. The van der Waals surface area contributed by atoms with Gasteiger partial charge in [-0.1, -0.05) is 12.1 Å². The Kier molecular flexibility index (Phi) is 5.42. The van der Waals surface area contributed by atoms with Crippen LogP contribution in [0, 0.1) is 0 Å². The van der Waals surface area contributed by atoms with Gasteiger partial charge in [0.15, 0.2) is 0 Å². The fourth-order valence-electron chi connectivity index (χ4n) is 1.30. The molecule has 1 rings (SSSR count). The van der Waals surface area contributed by atoms with Gasteiger partial charge >= 0.3 is 0 Å². The average Bonchev–Trinajstić information content (AvgIpc) is 2.30. The molecule has 94 valence electrons. The summed E-state index contributed by atoms with van der Waals surface area (Å²) in [7, 11) is 0. The Bertz CT molecular complexity index is 370. The molecule has 0 aliphatic rings. The third-order valence-corrected chi connectivity index (χ3v) is 2.13. The number of benzene rings is 1. The van der Waals surface area contributed by atoms with Gasteiger partial charge in [-0.15, -0.1) is 6.58 Å². The van der Waals surface area contributed by atoms with E-state index < -0.39 is 6.43 Å². The first-order valence-corrected chi connectivity index (χ1v) is 5.25. The van der Waals surface area contributed by atoms with Gasteiger partial charge in [-0.3, -0.25) is 0 Å². The zero-order valence-corrected chi connectivity index (χ0v) is 9.46. The van der Waals surface area contributed by atoms with E-state index >= 15 is 0 Å². The monoisotopic (exact) mass is 242 g/mol. The summed E-state index contributed by atoms with van der Waals surface area (Å²) < 4.78 is 29.9. The Morgan fingerprint density at radius 1 is 1.47 bits per heavy atom. The molecule has 0 bridgehead atoms. The number of nitrogen functional groups attached to an aromatic ring is 1. The Hall–Kier alpha value is -1.62. The highest BCUT2D eigenvalue weighted by Gasteiger charge is 2.08. The van der Waals surface area contributed by atoms with Crippen molar-refractivity contribution >= 4 is 11.4 Å². The van der Waals surface area contributed by atoms with Crippen LogP contribution in [0.3, 0.4) is 0 Å². The van der Waals surface area contributed by atoms with Gasteiger partial charge in [0.05, 0.1) is 24.6 Å². The van der Waals surface area contributed by atoms with E-state index in [-0.39, 0.29) is 5.56 Å². The van der Waals surface area contributed by atoms with E-state index in [1.807, 2.05) is 0 Å². The minimum Gasteiger partial charge on any atom is -0.397 e. The third kappa shape index (κ3) is 4.40. The van der Waals surface area contributed by atoms with E-state index in [4.69, 9.17) is 10.5 Å². The molecule has 0 fully saturated rings. The lowest BCUT2D eigenvalue weighted by atomic mass is 10.2. The molecular formula is C12H16F2N2O. The molecule has 1 aromatic rings. The van der Waals surface area contributed by atoms with Crippen molar-refractivity contribution in [1.29, 1.82) is 0 Å². The molecule has 5 heteroatoms. The Morgan fingerprint density at radius 3 is 2.82 bits per heavy atom. The highest BCUT2D eigenvalue weighted by atomic mass is 19.3. The molecule has 0 aliphatic carbocycles.